The van der Waals surface area contributed by atoms with Crippen molar-refractivity contribution in [3.05, 3.63) is 0 Å². The molecule has 2 saturated carbocycles. The number of hydrogen-bond acceptors (Lipinski definition) is 3. The van der Waals surface area contributed by atoms with Crippen molar-refractivity contribution < 1.29 is 4.79 Å². The van der Waals surface area contributed by atoms with Crippen molar-refractivity contribution in [2.24, 2.45) is 0 Å². The van der Waals surface area contributed by atoms with Crippen LogP contribution in [-0.2, 0) is 0 Å². The molecule has 2 amide bonds. The number of hydrogen-bond donors (Lipinski definition) is 1. The van der Waals surface area contributed by atoms with Crippen LogP contribution < -0.4 is 5.32 Å². The zero-order valence-corrected chi connectivity index (χ0v) is 14.4. The lowest BCUT2D eigenvalue weighted by Gasteiger charge is -2.49. The molecule has 0 heterocycles. The largest absolute Gasteiger partial charge is 0.335 e. The summed E-state index contributed by atoms with van der Waals surface area (Å²) < 4.78 is 0. The van der Waals surface area contributed by atoms with Gasteiger partial charge in [0.25, 0.3) is 0 Å². The van der Waals surface area contributed by atoms with Crippen molar-refractivity contribution in [3.63, 3.8) is 0 Å². The quantitative estimate of drug-likeness (QED) is 0.837. The van der Waals surface area contributed by atoms with E-state index in [1.165, 1.54) is 25.7 Å². The maximum atomic E-state index is 12.4. The number of carbonyl (C=O) groups is 1. The summed E-state index contributed by atoms with van der Waals surface area (Å²) in [6.07, 6.45) is 7.03. The van der Waals surface area contributed by atoms with E-state index in [1.54, 1.807) is 0 Å². The number of nitrogens with one attached hydrogen (secondary N) is 1. The lowest BCUT2D eigenvalue weighted by Crippen LogP contribution is -2.58. The summed E-state index contributed by atoms with van der Waals surface area (Å²) in [4.78, 5) is 18.8. The molecular formula is C16H32N4O. The number of rotatable bonds is 5. The molecule has 2 atom stereocenters. The van der Waals surface area contributed by atoms with Gasteiger partial charge in [0.2, 0.25) is 0 Å². The van der Waals surface area contributed by atoms with E-state index in [2.05, 4.69) is 43.3 Å². The normalized spacial score (nSPS) is 27.8. The lowest BCUT2D eigenvalue weighted by molar-refractivity contribution is 0.0360. The Morgan fingerprint density at radius 2 is 1.81 bits per heavy atom. The fourth-order valence-corrected chi connectivity index (χ4v) is 3.69. The molecule has 0 unspecified atom stereocenters. The van der Waals surface area contributed by atoms with E-state index >= 15 is 0 Å². The van der Waals surface area contributed by atoms with Crippen LogP contribution in [0.1, 0.15) is 38.5 Å². The van der Waals surface area contributed by atoms with Crippen LogP contribution in [0.15, 0.2) is 0 Å². The van der Waals surface area contributed by atoms with Crippen molar-refractivity contribution in [2.75, 3.05) is 41.8 Å². The second kappa shape index (κ2) is 6.53. The van der Waals surface area contributed by atoms with Crippen LogP contribution in [0.4, 0.5) is 4.79 Å². The molecule has 122 valence electrons. The highest BCUT2D eigenvalue weighted by atomic mass is 16.2. The Balaban J connectivity index is 1.81. The molecule has 0 spiro atoms. The average molecular weight is 296 g/mol. The van der Waals surface area contributed by atoms with Crippen LogP contribution in [0.3, 0.4) is 0 Å². The molecule has 2 fully saturated rings. The van der Waals surface area contributed by atoms with Crippen molar-refractivity contribution in [2.45, 2.75) is 56.1 Å². The molecule has 0 radical (unpaired) electrons. The summed E-state index contributed by atoms with van der Waals surface area (Å²) >= 11 is 0. The Bertz CT molecular complexity index is 365. The Hall–Kier alpha value is -0.810. The number of nitrogens with zero attached hydrogens (tertiary/aromatic N) is 3. The first-order chi connectivity index (χ1) is 9.84. The first-order valence-corrected chi connectivity index (χ1v) is 8.19. The number of amides is 2. The Kier molecular flexibility index (Phi) is 5.15. The molecule has 0 aliphatic heterocycles. The molecule has 2 rings (SSSR count). The van der Waals surface area contributed by atoms with Crippen LogP contribution in [0.2, 0.25) is 0 Å². The molecule has 0 aromatic carbocycles. The van der Waals surface area contributed by atoms with E-state index in [-0.39, 0.29) is 11.6 Å². The smallest absolute Gasteiger partial charge is 0.317 e. The summed E-state index contributed by atoms with van der Waals surface area (Å²) in [5.74, 6) is 0. The molecule has 1 N–H and O–H groups in total. The van der Waals surface area contributed by atoms with Crippen LogP contribution in [0.5, 0.6) is 0 Å². The van der Waals surface area contributed by atoms with Gasteiger partial charge in [0.15, 0.2) is 0 Å². The van der Waals surface area contributed by atoms with E-state index < -0.39 is 0 Å². The lowest BCUT2D eigenvalue weighted by atomic mass is 9.75. The van der Waals surface area contributed by atoms with E-state index in [0.717, 1.165) is 19.4 Å². The summed E-state index contributed by atoms with van der Waals surface area (Å²) in [6, 6.07) is 1.04. The minimum atomic E-state index is 0.0903. The van der Waals surface area contributed by atoms with Gasteiger partial charge in [-0.3, -0.25) is 0 Å². The van der Waals surface area contributed by atoms with Crippen molar-refractivity contribution >= 4 is 6.03 Å². The van der Waals surface area contributed by atoms with Gasteiger partial charge < -0.3 is 20.0 Å². The van der Waals surface area contributed by atoms with Crippen molar-refractivity contribution in [1.82, 2.24) is 20.0 Å². The maximum absolute atomic E-state index is 12.4. The second-order valence-corrected chi connectivity index (χ2v) is 7.41. The minimum Gasteiger partial charge on any atom is -0.335 e. The van der Waals surface area contributed by atoms with E-state index in [1.807, 2.05) is 11.9 Å². The fraction of sp³-hybridized carbons (Fsp3) is 0.938. The van der Waals surface area contributed by atoms with E-state index in [0.29, 0.717) is 12.1 Å². The third-order valence-electron chi connectivity index (χ3n) is 5.57. The monoisotopic (exact) mass is 296 g/mol. The summed E-state index contributed by atoms with van der Waals surface area (Å²) in [5, 5.41) is 3.21. The second-order valence-electron chi connectivity index (χ2n) is 7.41. The van der Waals surface area contributed by atoms with Gasteiger partial charge in [-0.1, -0.05) is 0 Å². The van der Waals surface area contributed by atoms with Crippen molar-refractivity contribution in [1.29, 1.82) is 0 Å². The Morgan fingerprint density at radius 3 is 2.24 bits per heavy atom. The summed E-state index contributed by atoms with van der Waals surface area (Å²) in [6.45, 7) is 0.829. The number of likely N-dealkylation sites (N-methyl/N-ethyl adjacent to an activating group) is 2. The third kappa shape index (κ3) is 3.69. The van der Waals surface area contributed by atoms with Gasteiger partial charge in [0.1, 0.15) is 0 Å². The standard InChI is InChI=1S/C16H32N4O/c1-18(2)14-8-7-13(11-14)17-15(21)20(5)12-16(19(3)4)9-6-10-16/h13-14H,6-12H2,1-5H3,(H,17,21)/t13-,14+/m0/s1. The highest BCUT2D eigenvalue weighted by molar-refractivity contribution is 5.74. The van der Waals surface area contributed by atoms with E-state index in [4.69, 9.17) is 0 Å². The molecule has 21 heavy (non-hydrogen) atoms. The van der Waals surface area contributed by atoms with Crippen molar-refractivity contribution in [3.8, 4) is 0 Å². The molecule has 0 aromatic rings. The number of urea groups is 1. The highest BCUT2D eigenvalue weighted by Gasteiger charge is 2.41. The first kappa shape index (κ1) is 16.6. The molecule has 0 bridgehead atoms. The van der Waals surface area contributed by atoms with Crippen LogP contribution >= 0.6 is 0 Å². The van der Waals surface area contributed by atoms with Crippen LogP contribution in [-0.4, -0.2) is 80.1 Å². The first-order valence-electron chi connectivity index (χ1n) is 8.19. The molecule has 2 aliphatic rings. The molecule has 5 heteroatoms. The van der Waals surface area contributed by atoms with Gasteiger partial charge in [-0.05, 0) is 66.7 Å². The fourth-order valence-electron chi connectivity index (χ4n) is 3.69. The van der Waals surface area contributed by atoms with Gasteiger partial charge >= 0.3 is 6.03 Å². The third-order valence-corrected chi connectivity index (χ3v) is 5.57. The predicted molar refractivity (Wildman–Crippen MR) is 86.5 cm³/mol. The molecule has 0 saturated heterocycles. The molecule has 0 aromatic heterocycles. The van der Waals surface area contributed by atoms with Gasteiger partial charge in [0, 0.05) is 31.2 Å². The molecule has 2 aliphatic carbocycles. The number of carbonyl (C=O) groups excluding carboxylic acids is 1. The van der Waals surface area contributed by atoms with Gasteiger partial charge in [-0.15, -0.1) is 0 Å². The topological polar surface area (TPSA) is 38.8 Å². The predicted octanol–water partition coefficient (Wildman–Crippen LogP) is 1.59. The molecular weight excluding hydrogens is 264 g/mol. The zero-order valence-electron chi connectivity index (χ0n) is 14.4. The van der Waals surface area contributed by atoms with Gasteiger partial charge in [-0.25, -0.2) is 4.79 Å². The van der Waals surface area contributed by atoms with E-state index in [9.17, 15) is 4.79 Å². The SMILES string of the molecule is CN(CC1(N(C)C)CCC1)C(=O)N[C@H]1CC[C@@H](N(C)C)C1. The molecule has 5 nitrogen and oxygen atoms in total. The zero-order chi connectivity index (χ0) is 15.6. The average Bonchev–Trinajstić information content (AvgIpc) is 2.81. The van der Waals surface area contributed by atoms with Crippen LogP contribution in [0.25, 0.3) is 0 Å². The Morgan fingerprint density at radius 1 is 1.14 bits per heavy atom. The van der Waals surface area contributed by atoms with Gasteiger partial charge in [-0.2, -0.15) is 0 Å². The van der Waals surface area contributed by atoms with Gasteiger partial charge in [0.05, 0.1) is 0 Å². The maximum Gasteiger partial charge on any atom is 0.317 e. The highest BCUT2D eigenvalue weighted by Crippen LogP contribution is 2.36. The van der Waals surface area contributed by atoms with Crippen LogP contribution in [0, 0.1) is 0 Å². The summed E-state index contributed by atoms with van der Waals surface area (Å²) in [7, 11) is 10.4. The Labute approximate surface area is 129 Å². The summed E-state index contributed by atoms with van der Waals surface area (Å²) in [5.41, 5.74) is 0.202. The minimum absolute atomic E-state index is 0.0903.